The predicted molar refractivity (Wildman–Crippen MR) is 47.0 cm³/mol. The Kier molecular flexibility index (Phi) is 3.59. The minimum atomic E-state index is -0.143. The second-order valence-electron chi connectivity index (χ2n) is 2.78. The molecule has 3 heteroatoms. The zero-order valence-electron chi connectivity index (χ0n) is 6.48. The molecule has 1 unspecified atom stereocenters. The van der Waals surface area contributed by atoms with Crippen LogP contribution < -0.4 is 5.32 Å². The van der Waals surface area contributed by atoms with Crippen molar-refractivity contribution in [3.8, 4) is 0 Å². The molecule has 0 spiro atoms. The smallest absolute Gasteiger partial charge is 0.243 e. The molecule has 1 N–H and O–H groups in total. The van der Waals surface area contributed by atoms with E-state index in [1.807, 2.05) is 13.8 Å². The van der Waals surface area contributed by atoms with Gasteiger partial charge in [0, 0.05) is 5.54 Å². The molecule has 1 atom stereocenters. The Balaban J connectivity index is 3.87. The van der Waals surface area contributed by atoms with Crippen molar-refractivity contribution in [2.75, 3.05) is 6.16 Å². The largest absolute Gasteiger partial charge is 0.347 e. The molecule has 0 fully saturated rings. The van der Waals surface area contributed by atoms with Crippen LogP contribution in [0.2, 0.25) is 0 Å². The van der Waals surface area contributed by atoms with Crippen LogP contribution in [0.5, 0.6) is 0 Å². The number of carbonyl (C=O) groups excluding carboxylic acids is 1. The summed E-state index contributed by atoms with van der Waals surface area (Å²) in [5, 5.41) is 2.78. The number of hydrogen-bond donors (Lipinski definition) is 1. The zero-order chi connectivity index (χ0) is 8.20. The van der Waals surface area contributed by atoms with Gasteiger partial charge in [-0.3, -0.25) is 4.79 Å². The van der Waals surface area contributed by atoms with Crippen LogP contribution >= 0.6 is 9.24 Å². The van der Waals surface area contributed by atoms with Gasteiger partial charge < -0.3 is 5.32 Å². The molecule has 0 aliphatic heterocycles. The van der Waals surface area contributed by atoms with Crippen molar-refractivity contribution in [1.82, 2.24) is 5.32 Å². The van der Waals surface area contributed by atoms with Crippen LogP contribution in [0.25, 0.3) is 0 Å². The minimum absolute atomic E-state index is 0.118. The highest BCUT2D eigenvalue weighted by Gasteiger charge is 2.15. The molecule has 1 amide bonds. The van der Waals surface area contributed by atoms with Crippen LogP contribution in [0.1, 0.15) is 13.8 Å². The maximum absolute atomic E-state index is 10.7. The summed E-state index contributed by atoms with van der Waals surface area (Å²) in [7, 11) is 2.59. The van der Waals surface area contributed by atoms with Gasteiger partial charge in [-0.1, -0.05) is 6.58 Å². The van der Waals surface area contributed by atoms with Gasteiger partial charge in [0.25, 0.3) is 0 Å². The second kappa shape index (κ2) is 3.72. The number of rotatable bonds is 3. The van der Waals surface area contributed by atoms with E-state index in [0.29, 0.717) is 0 Å². The van der Waals surface area contributed by atoms with Gasteiger partial charge in [-0.15, -0.1) is 9.24 Å². The third kappa shape index (κ3) is 3.62. The molecular formula is C7H14NOP. The van der Waals surface area contributed by atoms with Crippen LogP contribution in [0, 0.1) is 0 Å². The van der Waals surface area contributed by atoms with Crippen LogP contribution in [-0.4, -0.2) is 17.6 Å². The normalized spacial score (nSPS) is 10.7. The monoisotopic (exact) mass is 159 g/mol. The standard InChI is InChI=1S/C7H14NOP/c1-4-6(9)8-7(2,3)5-10/h4H,1,5,10H2,2-3H3,(H,8,9). The maximum atomic E-state index is 10.7. The lowest BCUT2D eigenvalue weighted by atomic mass is 10.1. The van der Waals surface area contributed by atoms with Gasteiger partial charge >= 0.3 is 0 Å². The first-order chi connectivity index (χ1) is 4.52. The Hall–Kier alpha value is -0.360. The Bertz CT molecular complexity index is 143. The fourth-order valence-corrected chi connectivity index (χ4v) is 0.538. The first-order valence-electron chi connectivity index (χ1n) is 3.16. The molecule has 0 aliphatic rings. The minimum Gasteiger partial charge on any atom is -0.347 e. The predicted octanol–water partition coefficient (Wildman–Crippen LogP) is 0.942. The number of amides is 1. The fourth-order valence-electron chi connectivity index (χ4n) is 0.436. The lowest BCUT2D eigenvalue weighted by Gasteiger charge is -2.23. The Labute approximate surface area is 64.3 Å². The molecule has 0 saturated heterocycles. The summed E-state index contributed by atoms with van der Waals surface area (Å²) >= 11 is 0. The first-order valence-corrected chi connectivity index (χ1v) is 3.98. The van der Waals surface area contributed by atoms with Crippen molar-refractivity contribution in [1.29, 1.82) is 0 Å². The molecule has 0 radical (unpaired) electrons. The number of hydrogen-bond acceptors (Lipinski definition) is 1. The molecule has 0 aromatic heterocycles. The van der Waals surface area contributed by atoms with Gasteiger partial charge in [0.1, 0.15) is 0 Å². The highest BCUT2D eigenvalue weighted by molar-refractivity contribution is 7.16. The van der Waals surface area contributed by atoms with E-state index in [-0.39, 0.29) is 11.4 Å². The van der Waals surface area contributed by atoms with Crippen molar-refractivity contribution in [2.24, 2.45) is 0 Å². The summed E-state index contributed by atoms with van der Waals surface area (Å²) in [4.78, 5) is 10.7. The van der Waals surface area contributed by atoms with Crippen molar-refractivity contribution >= 4 is 15.1 Å². The van der Waals surface area contributed by atoms with Gasteiger partial charge in [0.15, 0.2) is 0 Å². The number of carbonyl (C=O) groups is 1. The molecule has 0 bridgehead atoms. The van der Waals surface area contributed by atoms with Crippen molar-refractivity contribution in [2.45, 2.75) is 19.4 Å². The molecular weight excluding hydrogens is 145 g/mol. The third-order valence-electron chi connectivity index (χ3n) is 1.16. The molecule has 0 aromatic carbocycles. The lowest BCUT2D eigenvalue weighted by molar-refractivity contribution is -0.117. The van der Waals surface area contributed by atoms with E-state index in [1.54, 1.807) is 0 Å². The lowest BCUT2D eigenvalue weighted by Crippen LogP contribution is -2.43. The highest BCUT2D eigenvalue weighted by Crippen LogP contribution is 2.05. The molecule has 0 aromatic rings. The second-order valence-corrected chi connectivity index (χ2v) is 3.19. The van der Waals surface area contributed by atoms with Crippen LogP contribution in [-0.2, 0) is 4.79 Å². The van der Waals surface area contributed by atoms with Gasteiger partial charge in [0.05, 0.1) is 0 Å². The number of nitrogens with one attached hydrogen (secondary N) is 1. The summed E-state index contributed by atoms with van der Waals surface area (Å²) in [5.74, 6) is -0.118. The topological polar surface area (TPSA) is 29.1 Å². The fraction of sp³-hybridized carbons (Fsp3) is 0.571. The average molecular weight is 159 g/mol. The zero-order valence-corrected chi connectivity index (χ0v) is 7.63. The molecule has 0 aliphatic carbocycles. The molecule has 0 saturated carbocycles. The van der Waals surface area contributed by atoms with E-state index in [2.05, 4.69) is 21.1 Å². The average Bonchev–Trinajstić information content (AvgIpc) is 1.87. The Morgan fingerprint density at radius 2 is 2.30 bits per heavy atom. The molecule has 10 heavy (non-hydrogen) atoms. The Morgan fingerprint density at radius 1 is 1.80 bits per heavy atom. The first kappa shape index (κ1) is 9.64. The van der Waals surface area contributed by atoms with E-state index in [9.17, 15) is 4.79 Å². The Morgan fingerprint density at radius 3 is 2.60 bits per heavy atom. The molecule has 58 valence electrons. The van der Waals surface area contributed by atoms with Crippen LogP contribution in [0.3, 0.4) is 0 Å². The van der Waals surface area contributed by atoms with Crippen molar-refractivity contribution in [3.63, 3.8) is 0 Å². The summed E-state index contributed by atoms with van der Waals surface area (Å²) in [5.41, 5.74) is -0.143. The highest BCUT2D eigenvalue weighted by atomic mass is 31.0. The summed E-state index contributed by atoms with van der Waals surface area (Å²) < 4.78 is 0. The van der Waals surface area contributed by atoms with Crippen LogP contribution in [0.15, 0.2) is 12.7 Å². The van der Waals surface area contributed by atoms with Gasteiger partial charge in [-0.2, -0.15) is 0 Å². The molecule has 2 nitrogen and oxygen atoms in total. The van der Waals surface area contributed by atoms with E-state index >= 15 is 0 Å². The van der Waals surface area contributed by atoms with Crippen molar-refractivity contribution < 1.29 is 4.79 Å². The van der Waals surface area contributed by atoms with E-state index < -0.39 is 0 Å². The third-order valence-corrected chi connectivity index (χ3v) is 2.18. The summed E-state index contributed by atoms with van der Waals surface area (Å²) in [6.07, 6.45) is 2.12. The van der Waals surface area contributed by atoms with Gasteiger partial charge in [-0.25, -0.2) is 0 Å². The summed E-state index contributed by atoms with van der Waals surface area (Å²) in [6.45, 7) is 7.28. The van der Waals surface area contributed by atoms with Crippen molar-refractivity contribution in [3.05, 3.63) is 12.7 Å². The molecule has 0 rings (SSSR count). The van der Waals surface area contributed by atoms with Crippen LogP contribution in [0.4, 0.5) is 0 Å². The van der Waals surface area contributed by atoms with Gasteiger partial charge in [-0.05, 0) is 26.1 Å². The summed E-state index contributed by atoms with van der Waals surface area (Å²) in [6, 6.07) is 0. The van der Waals surface area contributed by atoms with E-state index in [4.69, 9.17) is 0 Å². The maximum Gasteiger partial charge on any atom is 0.243 e. The quantitative estimate of drug-likeness (QED) is 0.482. The van der Waals surface area contributed by atoms with E-state index in [0.717, 1.165) is 6.16 Å². The SMILES string of the molecule is C=CC(=O)NC(C)(C)CP. The molecule has 0 heterocycles. The van der Waals surface area contributed by atoms with E-state index in [1.165, 1.54) is 6.08 Å². The van der Waals surface area contributed by atoms with Gasteiger partial charge in [0.2, 0.25) is 5.91 Å².